The van der Waals surface area contributed by atoms with Crippen molar-refractivity contribution in [1.82, 2.24) is 14.5 Å². The molecule has 0 aliphatic carbocycles. The molecule has 0 saturated heterocycles. The summed E-state index contributed by atoms with van der Waals surface area (Å²) in [6.45, 7) is 2.20. The van der Waals surface area contributed by atoms with E-state index >= 15 is 0 Å². The Morgan fingerprint density at radius 3 is 2.80 bits per heavy atom. The van der Waals surface area contributed by atoms with Crippen molar-refractivity contribution in [1.29, 1.82) is 0 Å². The molecule has 0 radical (unpaired) electrons. The van der Waals surface area contributed by atoms with Gasteiger partial charge in [-0.1, -0.05) is 41.4 Å². The average molecular weight is 454 g/mol. The van der Waals surface area contributed by atoms with Crippen LogP contribution in [0.3, 0.4) is 0 Å². The number of aliphatic hydroxyl groups excluding tert-OH is 1. The van der Waals surface area contributed by atoms with E-state index in [1.807, 2.05) is 13.0 Å². The van der Waals surface area contributed by atoms with Crippen molar-refractivity contribution >= 4 is 34.6 Å². The number of nitrogens with zero attached hydrogens (tertiary/aromatic N) is 3. The average Bonchev–Trinajstić information content (AvgIpc) is 3.10. The molecule has 5 nitrogen and oxygen atoms in total. The number of rotatable bonds is 4. The van der Waals surface area contributed by atoms with Crippen LogP contribution in [0.15, 0.2) is 36.7 Å². The predicted octanol–water partition coefficient (Wildman–Crippen LogP) is 4.63. The van der Waals surface area contributed by atoms with Crippen molar-refractivity contribution in [3.05, 3.63) is 69.0 Å². The SMILES string of the molecule is C[C@H]1c2cccc([C@H](O)C(F)F)c2CCN1C(=O)Cc1c(Cl)ccn2ncc(Cl)c12. The second-order valence-corrected chi connectivity index (χ2v) is 8.13. The van der Waals surface area contributed by atoms with Gasteiger partial charge in [0.2, 0.25) is 5.91 Å². The van der Waals surface area contributed by atoms with Gasteiger partial charge in [0.05, 0.1) is 29.2 Å². The standard InChI is InChI=1S/C21H19Cl2F2N3O2/c1-11-12-3-2-4-14(20(30)21(24)25)13(12)5-7-27(11)18(29)9-15-16(22)6-8-28-19(15)17(23)10-26-28/h2-4,6,8,10-11,20-21,30H,5,7,9H2,1H3/t11-,20-/m0/s1. The molecule has 0 spiro atoms. The Morgan fingerprint density at radius 2 is 2.07 bits per heavy atom. The maximum absolute atomic E-state index is 13.2. The molecule has 0 saturated carbocycles. The largest absolute Gasteiger partial charge is 0.382 e. The number of amides is 1. The van der Waals surface area contributed by atoms with Crippen molar-refractivity contribution in [3.8, 4) is 0 Å². The quantitative estimate of drug-likeness (QED) is 0.626. The van der Waals surface area contributed by atoms with E-state index in [1.165, 1.54) is 12.3 Å². The molecule has 1 N–H and O–H groups in total. The van der Waals surface area contributed by atoms with Gasteiger partial charge in [0, 0.05) is 23.3 Å². The molecule has 1 aliphatic rings. The summed E-state index contributed by atoms with van der Waals surface area (Å²) in [5.74, 6) is -0.153. The number of alkyl halides is 2. The number of aromatic nitrogens is 2. The van der Waals surface area contributed by atoms with E-state index in [2.05, 4.69) is 5.10 Å². The van der Waals surface area contributed by atoms with E-state index in [1.54, 1.807) is 27.7 Å². The maximum atomic E-state index is 13.2. The minimum Gasteiger partial charge on any atom is -0.382 e. The number of fused-ring (bicyclic) bond motifs is 2. The summed E-state index contributed by atoms with van der Waals surface area (Å²) < 4.78 is 27.7. The van der Waals surface area contributed by atoms with Gasteiger partial charge in [0.1, 0.15) is 6.10 Å². The van der Waals surface area contributed by atoms with Crippen molar-refractivity contribution in [2.75, 3.05) is 6.54 Å². The third-order valence-corrected chi connectivity index (χ3v) is 6.29. The molecule has 0 unspecified atom stereocenters. The van der Waals surface area contributed by atoms with E-state index in [0.717, 1.165) is 5.56 Å². The van der Waals surface area contributed by atoms with Gasteiger partial charge >= 0.3 is 0 Å². The molecule has 2 atom stereocenters. The number of benzene rings is 1. The molecule has 1 aromatic carbocycles. The topological polar surface area (TPSA) is 57.8 Å². The fourth-order valence-corrected chi connectivity index (χ4v) is 4.61. The van der Waals surface area contributed by atoms with Crippen LogP contribution < -0.4 is 0 Å². The van der Waals surface area contributed by atoms with Crippen LogP contribution in [-0.2, 0) is 17.6 Å². The molecule has 158 valence electrons. The van der Waals surface area contributed by atoms with Crippen LogP contribution in [0.2, 0.25) is 10.0 Å². The highest BCUT2D eigenvalue weighted by Gasteiger charge is 2.32. The Bertz CT molecular complexity index is 1120. The molecular formula is C21H19Cl2F2N3O2. The van der Waals surface area contributed by atoms with E-state index in [-0.39, 0.29) is 23.9 Å². The minimum atomic E-state index is -2.87. The smallest absolute Gasteiger partial charge is 0.268 e. The first-order valence-corrected chi connectivity index (χ1v) is 10.2. The summed E-state index contributed by atoms with van der Waals surface area (Å²) in [7, 11) is 0. The minimum absolute atomic E-state index is 0.0353. The summed E-state index contributed by atoms with van der Waals surface area (Å²) in [4.78, 5) is 14.9. The van der Waals surface area contributed by atoms with Gasteiger partial charge < -0.3 is 10.0 Å². The lowest BCUT2D eigenvalue weighted by molar-refractivity contribution is -0.133. The maximum Gasteiger partial charge on any atom is 0.268 e. The normalized spacial score (nSPS) is 17.4. The first-order chi connectivity index (χ1) is 14.3. The number of pyridine rings is 1. The predicted molar refractivity (Wildman–Crippen MR) is 110 cm³/mol. The summed E-state index contributed by atoms with van der Waals surface area (Å²) >= 11 is 12.6. The molecule has 2 aromatic heterocycles. The van der Waals surface area contributed by atoms with Crippen LogP contribution in [0, 0.1) is 0 Å². The fourth-order valence-electron chi connectivity index (χ4n) is 4.16. The zero-order valence-electron chi connectivity index (χ0n) is 16.0. The van der Waals surface area contributed by atoms with E-state index in [9.17, 15) is 18.7 Å². The summed E-state index contributed by atoms with van der Waals surface area (Å²) in [5, 5.41) is 14.8. The molecule has 0 fully saturated rings. The Kier molecular flexibility index (Phi) is 5.70. The van der Waals surface area contributed by atoms with Crippen molar-refractivity contribution in [3.63, 3.8) is 0 Å². The first kappa shape index (κ1) is 21.0. The van der Waals surface area contributed by atoms with E-state index < -0.39 is 12.5 Å². The zero-order valence-corrected chi connectivity index (χ0v) is 17.5. The van der Waals surface area contributed by atoms with Crippen LogP contribution in [-0.4, -0.2) is 38.5 Å². The number of hydrogen-bond acceptors (Lipinski definition) is 3. The van der Waals surface area contributed by atoms with Crippen LogP contribution in [0.1, 0.15) is 41.3 Å². The molecule has 0 bridgehead atoms. The highest BCUT2D eigenvalue weighted by molar-refractivity contribution is 6.36. The number of carbonyl (C=O) groups is 1. The zero-order chi connectivity index (χ0) is 21.6. The molecular weight excluding hydrogens is 435 g/mol. The summed E-state index contributed by atoms with van der Waals surface area (Å²) in [6, 6.07) is 6.29. The number of halogens is 4. The summed E-state index contributed by atoms with van der Waals surface area (Å²) in [6.07, 6.45) is -1.11. The fraction of sp³-hybridized carbons (Fsp3) is 0.333. The lowest BCUT2D eigenvalue weighted by Gasteiger charge is -2.37. The van der Waals surface area contributed by atoms with Crippen molar-refractivity contribution in [2.45, 2.75) is 38.3 Å². The highest BCUT2D eigenvalue weighted by atomic mass is 35.5. The van der Waals surface area contributed by atoms with Crippen LogP contribution in [0.25, 0.3) is 5.52 Å². The third-order valence-electron chi connectivity index (χ3n) is 5.66. The second-order valence-electron chi connectivity index (χ2n) is 7.31. The van der Waals surface area contributed by atoms with E-state index in [4.69, 9.17) is 23.2 Å². The molecule has 3 heterocycles. The molecule has 9 heteroatoms. The summed E-state index contributed by atoms with van der Waals surface area (Å²) in [5.41, 5.74) is 2.84. The lowest BCUT2D eigenvalue weighted by Crippen LogP contribution is -2.40. The highest BCUT2D eigenvalue weighted by Crippen LogP contribution is 2.36. The van der Waals surface area contributed by atoms with Gasteiger partial charge in [-0.2, -0.15) is 5.10 Å². The van der Waals surface area contributed by atoms with Gasteiger partial charge in [0.25, 0.3) is 6.43 Å². The Labute approximate surface area is 181 Å². The van der Waals surface area contributed by atoms with Gasteiger partial charge in [-0.15, -0.1) is 0 Å². The number of hydrogen-bond donors (Lipinski definition) is 1. The molecule has 1 amide bonds. The second kappa shape index (κ2) is 8.13. The Hall–Kier alpha value is -2.22. The van der Waals surface area contributed by atoms with Crippen LogP contribution in [0.4, 0.5) is 8.78 Å². The lowest BCUT2D eigenvalue weighted by atomic mass is 9.87. The number of aliphatic hydroxyl groups is 1. The monoisotopic (exact) mass is 453 g/mol. The molecule has 30 heavy (non-hydrogen) atoms. The van der Waals surface area contributed by atoms with E-state index in [0.29, 0.717) is 39.7 Å². The van der Waals surface area contributed by atoms with Gasteiger partial charge in [-0.25, -0.2) is 13.3 Å². The van der Waals surface area contributed by atoms with Gasteiger partial charge in [-0.05, 0) is 36.1 Å². The van der Waals surface area contributed by atoms with Gasteiger partial charge in [-0.3, -0.25) is 4.79 Å². The molecule has 1 aliphatic heterocycles. The Balaban J connectivity index is 1.63. The Morgan fingerprint density at radius 1 is 1.30 bits per heavy atom. The first-order valence-electron chi connectivity index (χ1n) is 9.47. The van der Waals surface area contributed by atoms with Crippen molar-refractivity contribution < 1.29 is 18.7 Å². The van der Waals surface area contributed by atoms with Gasteiger partial charge in [0.15, 0.2) is 0 Å². The third kappa shape index (κ3) is 3.55. The number of carbonyl (C=O) groups excluding carboxylic acids is 1. The van der Waals surface area contributed by atoms with Crippen molar-refractivity contribution in [2.24, 2.45) is 0 Å². The molecule has 4 rings (SSSR count). The molecule has 3 aromatic rings. The van der Waals surface area contributed by atoms with Crippen LogP contribution >= 0.6 is 23.2 Å². The van der Waals surface area contributed by atoms with Crippen LogP contribution in [0.5, 0.6) is 0 Å².